The van der Waals surface area contributed by atoms with E-state index in [1.165, 1.54) is 225 Å². The summed E-state index contributed by atoms with van der Waals surface area (Å²) < 4.78 is 68.7. The smallest absolute Gasteiger partial charge is 0.462 e. The normalized spacial score (nSPS) is 14.2. The standard InChI is InChI=1S/C81H158O17P2/c1-8-10-11-12-13-14-15-23-31-36-41-50-57-64-81(86)98-77(69-92-79(84)63-56-49-44-43-47-54-61-74(7)9-2)71-96-100(89,90)94-67-75(82)66-93-99(87,88)95-70-76(68-91-78(83)62-55-48-40-35-30-26-22-18-20-25-29-34-39-46-53-60-73(5)6)97-80(85)65-58-51-42-37-32-27-21-17-16-19-24-28-33-38-45-52-59-72(3)4/h72-77,82H,8-71H2,1-7H3,(H,87,88)(H,89,90)/t74?,75-,76-,77-/m1/s1. The van der Waals surface area contributed by atoms with Gasteiger partial charge in [-0.25, -0.2) is 9.13 Å². The molecule has 594 valence electrons. The van der Waals surface area contributed by atoms with Crippen LogP contribution < -0.4 is 0 Å². The number of aliphatic hydroxyl groups excluding tert-OH is 1. The van der Waals surface area contributed by atoms with Crippen LogP contribution in [0.25, 0.3) is 0 Å². The van der Waals surface area contributed by atoms with Crippen molar-refractivity contribution in [1.82, 2.24) is 0 Å². The molecule has 0 aliphatic carbocycles. The van der Waals surface area contributed by atoms with E-state index in [1.807, 2.05) is 0 Å². The van der Waals surface area contributed by atoms with Crippen molar-refractivity contribution in [2.45, 2.75) is 439 Å². The molecule has 0 amide bonds. The van der Waals surface area contributed by atoms with Crippen LogP contribution in [0.3, 0.4) is 0 Å². The number of hydrogen-bond acceptors (Lipinski definition) is 15. The Morgan fingerprint density at radius 3 is 0.760 bits per heavy atom. The van der Waals surface area contributed by atoms with Crippen LogP contribution in [0.5, 0.6) is 0 Å². The highest BCUT2D eigenvalue weighted by atomic mass is 31.2. The van der Waals surface area contributed by atoms with E-state index >= 15 is 0 Å². The van der Waals surface area contributed by atoms with Crippen LogP contribution in [-0.2, 0) is 65.4 Å². The van der Waals surface area contributed by atoms with E-state index in [9.17, 15) is 43.2 Å². The molecule has 100 heavy (non-hydrogen) atoms. The number of hydrogen-bond donors (Lipinski definition) is 3. The molecular weight excluding hydrogens is 1310 g/mol. The predicted molar refractivity (Wildman–Crippen MR) is 409 cm³/mol. The molecule has 0 fully saturated rings. The minimum Gasteiger partial charge on any atom is -0.462 e. The molecule has 0 spiro atoms. The summed E-state index contributed by atoms with van der Waals surface area (Å²) in [5.41, 5.74) is 0. The molecule has 19 heteroatoms. The van der Waals surface area contributed by atoms with Gasteiger partial charge in [-0.2, -0.15) is 0 Å². The maximum Gasteiger partial charge on any atom is 0.472 e. The van der Waals surface area contributed by atoms with Gasteiger partial charge >= 0.3 is 39.5 Å². The zero-order valence-electron chi connectivity index (χ0n) is 65.7. The molecule has 3 unspecified atom stereocenters. The molecule has 0 aromatic heterocycles. The SMILES string of the molecule is CCCCCCCCCCCCCCCC(=O)O[C@H](COC(=O)CCCCCCCCC(C)CC)COP(=O)(O)OC[C@H](O)COP(=O)(O)OC[C@@H](COC(=O)CCCCCCCCCCCCCCCCCC(C)C)OC(=O)CCCCCCCCCCCCCCCCCCC(C)C. The van der Waals surface area contributed by atoms with E-state index in [-0.39, 0.29) is 25.7 Å². The Hall–Kier alpha value is -1.94. The second-order valence-electron chi connectivity index (χ2n) is 30.4. The van der Waals surface area contributed by atoms with E-state index in [2.05, 4.69) is 48.5 Å². The van der Waals surface area contributed by atoms with Crippen molar-refractivity contribution in [2.75, 3.05) is 39.6 Å². The second kappa shape index (κ2) is 71.3. The van der Waals surface area contributed by atoms with Gasteiger partial charge < -0.3 is 33.8 Å². The molecule has 0 saturated carbocycles. The highest BCUT2D eigenvalue weighted by Gasteiger charge is 2.30. The summed E-state index contributed by atoms with van der Waals surface area (Å²) >= 11 is 0. The zero-order chi connectivity index (χ0) is 73.7. The average molecular weight is 1470 g/mol. The van der Waals surface area contributed by atoms with Crippen LogP contribution in [0.15, 0.2) is 0 Å². The molecule has 0 aliphatic rings. The van der Waals surface area contributed by atoms with Crippen molar-refractivity contribution in [2.24, 2.45) is 17.8 Å². The molecule has 3 N–H and O–H groups in total. The summed E-state index contributed by atoms with van der Waals surface area (Å²) in [5, 5.41) is 10.6. The molecule has 0 saturated heterocycles. The monoisotopic (exact) mass is 1470 g/mol. The third-order valence-electron chi connectivity index (χ3n) is 19.2. The number of phosphoric ester groups is 2. The number of carbonyl (C=O) groups excluding carboxylic acids is 4. The van der Waals surface area contributed by atoms with E-state index in [1.54, 1.807) is 0 Å². The van der Waals surface area contributed by atoms with Crippen LogP contribution >= 0.6 is 15.6 Å². The van der Waals surface area contributed by atoms with Gasteiger partial charge in [-0.05, 0) is 43.4 Å². The van der Waals surface area contributed by atoms with Crippen molar-refractivity contribution < 1.29 is 80.2 Å². The van der Waals surface area contributed by atoms with Crippen LogP contribution in [0, 0.1) is 17.8 Å². The lowest BCUT2D eigenvalue weighted by Crippen LogP contribution is -2.30. The summed E-state index contributed by atoms with van der Waals surface area (Å²) in [4.78, 5) is 73.0. The van der Waals surface area contributed by atoms with Crippen LogP contribution in [0.1, 0.15) is 421 Å². The van der Waals surface area contributed by atoms with Crippen LogP contribution in [-0.4, -0.2) is 96.7 Å². The lowest BCUT2D eigenvalue weighted by atomic mass is 10.00. The fraction of sp³-hybridized carbons (Fsp3) is 0.951. The number of ether oxygens (including phenoxy) is 4. The Morgan fingerprint density at radius 2 is 0.510 bits per heavy atom. The summed E-state index contributed by atoms with van der Waals surface area (Å²) in [5.74, 6) is 0.236. The van der Waals surface area contributed by atoms with E-state index in [4.69, 9.17) is 37.0 Å². The Labute approximate surface area is 613 Å². The summed E-state index contributed by atoms with van der Waals surface area (Å²) in [7, 11) is -9.92. The number of esters is 4. The predicted octanol–water partition coefficient (Wildman–Crippen LogP) is 24.1. The molecule has 0 rings (SSSR count). The average Bonchev–Trinajstić information content (AvgIpc) is 0.942. The Bertz CT molecular complexity index is 1940. The number of phosphoric acid groups is 2. The molecular formula is C81H158O17P2. The first-order valence-electron chi connectivity index (χ1n) is 41.9. The van der Waals surface area contributed by atoms with Crippen molar-refractivity contribution in [1.29, 1.82) is 0 Å². The Morgan fingerprint density at radius 1 is 0.290 bits per heavy atom. The summed E-state index contributed by atoms with van der Waals surface area (Å²) in [6, 6.07) is 0. The topological polar surface area (TPSA) is 237 Å². The first kappa shape index (κ1) is 98.1. The second-order valence-corrected chi connectivity index (χ2v) is 33.3. The highest BCUT2D eigenvalue weighted by molar-refractivity contribution is 7.47. The Kier molecular flexibility index (Phi) is 69.9. The molecule has 0 aromatic carbocycles. The number of rotatable bonds is 79. The van der Waals surface area contributed by atoms with Gasteiger partial charge in [-0.15, -0.1) is 0 Å². The molecule has 0 aromatic rings. The van der Waals surface area contributed by atoms with Crippen LogP contribution in [0.2, 0.25) is 0 Å². The van der Waals surface area contributed by atoms with Gasteiger partial charge in [0.2, 0.25) is 0 Å². The first-order valence-corrected chi connectivity index (χ1v) is 44.9. The summed E-state index contributed by atoms with van der Waals surface area (Å²) in [6.07, 6.45) is 59.7. The molecule has 0 heterocycles. The lowest BCUT2D eigenvalue weighted by Gasteiger charge is -2.21. The Balaban J connectivity index is 5.24. The van der Waals surface area contributed by atoms with Crippen LogP contribution in [0.4, 0.5) is 0 Å². The minimum absolute atomic E-state index is 0.107. The van der Waals surface area contributed by atoms with E-state index < -0.39 is 97.5 Å². The van der Waals surface area contributed by atoms with Gasteiger partial charge in [0.05, 0.1) is 26.4 Å². The van der Waals surface area contributed by atoms with E-state index in [0.29, 0.717) is 25.7 Å². The van der Waals surface area contributed by atoms with E-state index in [0.717, 1.165) is 114 Å². The third kappa shape index (κ3) is 73.0. The van der Waals surface area contributed by atoms with Crippen molar-refractivity contribution >= 4 is 39.5 Å². The fourth-order valence-electron chi connectivity index (χ4n) is 12.5. The zero-order valence-corrected chi connectivity index (χ0v) is 67.5. The fourth-order valence-corrected chi connectivity index (χ4v) is 14.0. The molecule has 0 bridgehead atoms. The van der Waals surface area contributed by atoms with Gasteiger partial charge in [0.1, 0.15) is 19.3 Å². The van der Waals surface area contributed by atoms with Gasteiger partial charge in [-0.3, -0.25) is 37.3 Å². The van der Waals surface area contributed by atoms with Gasteiger partial charge in [0.15, 0.2) is 12.2 Å². The highest BCUT2D eigenvalue weighted by Crippen LogP contribution is 2.45. The lowest BCUT2D eigenvalue weighted by molar-refractivity contribution is -0.161. The number of unbranched alkanes of at least 4 members (excludes halogenated alkanes) is 46. The minimum atomic E-state index is -4.96. The summed E-state index contributed by atoms with van der Waals surface area (Å²) in [6.45, 7) is 12.0. The quantitative estimate of drug-likeness (QED) is 0.0222. The molecule has 0 radical (unpaired) electrons. The largest absolute Gasteiger partial charge is 0.472 e. The van der Waals surface area contributed by atoms with Crippen molar-refractivity contribution in [3.05, 3.63) is 0 Å². The third-order valence-corrected chi connectivity index (χ3v) is 21.1. The molecule has 0 aliphatic heterocycles. The van der Waals surface area contributed by atoms with Crippen molar-refractivity contribution in [3.63, 3.8) is 0 Å². The molecule has 6 atom stereocenters. The first-order chi connectivity index (χ1) is 48.3. The maximum atomic E-state index is 13.1. The maximum absolute atomic E-state index is 13.1. The van der Waals surface area contributed by atoms with Gasteiger partial charge in [0.25, 0.3) is 0 Å². The number of carbonyl (C=O) groups is 4. The molecule has 17 nitrogen and oxygen atoms in total. The van der Waals surface area contributed by atoms with Gasteiger partial charge in [-0.1, -0.05) is 370 Å². The number of aliphatic hydroxyl groups is 1. The van der Waals surface area contributed by atoms with Gasteiger partial charge in [0, 0.05) is 25.7 Å². The van der Waals surface area contributed by atoms with Crippen molar-refractivity contribution in [3.8, 4) is 0 Å².